The zero-order chi connectivity index (χ0) is 14.4. The van der Waals surface area contributed by atoms with E-state index in [2.05, 4.69) is 11.4 Å². The molecule has 0 fully saturated rings. The smallest absolute Gasteiger partial charge is 0.201 e. The van der Waals surface area contributed by atoms with E-state index in [1.165, 1.54) is 5.56 Å². The monoisotopic (exact) mass is 308 g/mol. The average molecular weight is 308 g/mol. The van der Waals surface area contributed by atoms with Crippen molar-refractivity contribution in [2.24, 2.45) is 0 Å². The van der Waals surface area contributed by atoms with Crippen molar-refractivity contribution >= 4 is 18.7 Å². The van der Waals surface area contributed by atoms with Crippen molar-refractivity contribution < 1.29 is 9.46 Å². The lowest BCUT2D eigenvalue weighted by atomic mass is 10.0. The zero-order valence-electron chi connectivity index (χ0n) is 11.7. The number of rotatable bonds is 7. The van der Waals surface area contributed by atoms with Crippen LogP contribution in [-0.4, -0.2) is 17.2 Å². The minimum Gasteiger partial charge on any atom is -0.344 e. The Morgan fingerprint density at radius 3 is 2.65 bits per heavy atom. The molecule has 0 saturated carbocycles. The highest BCUT2D eigenvalue weighted by Gasteiger charge is 2.22. The summed E-state index contributed by atoms with van der Waals surface area (Å²) < 4.78 is 12.3. The third-order valence-corrected chi connectivity index (χ3v) is 6.35. The van der Waals surface area contributed by atoms with Gasteiger partial charge in [-0.25, -0.2) is 0 Å². The molecule has 2 unspecified atom stereocenters. The van der Waals surface area contributed by atoms with Gasteiger partial charge in [-0.2, -0.15) is 11.3 Å². The van der Waals surface area contributed by atoms with Crippen molar-refractivity contribution in [3.8, 4) is 0 Å². The summed E-state index contributed by atoms with van der Waals surface area (Å²) in [6, 6.07) is 12.1. The number of benzene rings is 1. The molecule has 0 aliphatic heterocycles. The highest BCUT2D eigenvalue weighted by atomic mass is 32.1. The predicted octanol–water partition coefficient (Wildman–Crippen LogP) is 4.75. The molecule has 0 radical (unpaired) electrons. The van der Waals surface area contributed by atoms with Gasteiger partial charge in [-0.05, 0) is 46.7 Å². The summed E-state index contributed by atoms with van der Waals surface area (Å²) in [5, 5.41) is 4.15. The molecule has 4 heteroatoms. The largest absolute Gasteiger partial charge is 0.344 e. The Labute approximate surface area is 124 Å². The Morgan fingerprint density at radius 2 is 2.00 bits per heavy atom. The van der Waals surface area contributed by atoms with Crippen LogP contribution in [-0.2, 0) is 11.0 Å². The fourth-order valence-corrected chi connectivity index (χ4v) is 4.98. The summed E-state index contributed by atoms with van der Waals surface area (Å²) in [6.45, 7) is 2.02. The molecule has 1 aromatic carbocycles. The molecule has 108 valence electrons. The topological polar surface area (TPSA) is 37.3 Å². The second kappa shape index (κ2) is 7.21. The third kappa shape index (κ3) is 4.90. The third-order valence-electron chi connectivity index (χ3n) is 3.48. The lowest BCUT2D eigenvalue weighted by molar-refractivity contribution is 0.471. The fourth-order valence-electron chi connectivity index (χ4n) is 2.37. The predicted molar refractivity (Wildman–Crippen MR) is 87.1 cm³/mol. The molecule has 0 bridgehead atoms. The molecule has 0 saturated heterocycles. The van der Waals surface area contributed by atoms with Crippen molar-refractivity contribution in [3.05, 3.63) is 58.3 Å². The maximum Gasteiger partial charge on any atom is 0.201 e. The first-order valence-corrected chi connectivity index (χ1v) is 9.91. The van der Waals surface area contributed by atoms with Crippen LogP contribution in [0.1, 0.15) is 30.4 Å². The Balaban J connectivity index is 1.82. The molecule has 2 aromatic rings. The number of hydrogen-bond acceptors (Lipinski definition) is 2. The first-order chi connectivity index (χ1) is 9.57. The van der Waals surface area contributed by atoms with E-state index in [-0.39, 0.29) is 5.92 Å². The molecule has 1 N–H and O–H groups in total. The molecular formula is C16H21O2PS. The van der Waals surface area contributed by atoms with Gasteiger partial charge in [0.25, 0.3) is 0 Å². The minimum atomic E-state index is -3.03. The summed E-state index contributed by atoms with van der Waals surface area (Å²) in [6.07, 6.45) is 2.47. The normalized spacial score (nSPS) is 15.7. The number of thiophene rings is 1. The summed E-state index contributed by atoms with van der Waals surface area (Å²) in [5.41, 5.74) is 2.41. The van der Waals surface area contributed by atoms with E-state index >= 15 is 0 Å². The van der Waals surface area contributed by atoms with Crippen LogP contribution in [0.5, 0.6) is 0 Å². The van der Waals surface area contributed by atoms with Gasteiger partial charge in [0.05, 0.1) is 0 Å². The van der Waals surface area contributed by atoms with Crippen molar-refractivity contribution in [2.75, 3.05) is 12.3 Å². The Kier molecular flexibility index (Phi) is 5.59. The van der Waals surface area contributed by atoms with Crippen LogP contribution in [0.25, 0.3) is 0 Å². The van der Waals surface area contributed by atoms with Gasteiger partial charge in [0.15, 0.2) is 0 Å². The van der Waals surface area contributed by atoms with Gasteiger partial charge >= 0.3 is 0 Å². The number of hydrogen-bond donors (Lipinski definition) is 1. The van der Waals surface area contributed by atoms with E-state index in [1.807, 2.05) is 42.6 Å². The van der Waals surface area contributed by atoms with Crippen LogP contribution >= 0.6 is 18.7 Å². The standard InChI is InChI=1S/C16H21O2PS/c1-14(16-7-3-2-4-8-16)12-19(17,18)10-5-6-15-9-11-20-13-15/h2-4,7-9,11,13-14H,5-6,10,12H2,1H3,(H,17,18). The molecule has 0 aliphatic carbocycles. The van der Waals surface area contributed by atoms with Crippen LogP contribution in [0.2, 0.25) is 0 Å². The van der Waals surface area contributed by atoms with E-state index in [0.717, 1.165) is 18.4 Å². The van der Waals surface area contributed by atoms with E-state index in [0.29, 0.717) is 12.3 Å². The van der Waals surface area contributed by atoms with Gasteiger partial charge in [0, 0.05) is 12.3 Å². The summed E-state index contributed by atoms with van der Waals surface area (Å²) in [7, 11) is -3.03. The number of aryl methyl sites for hydroxylation is 1. The van der Waals surface area contributed by atoms with Crippen molar-refractivity contribution in [1.82, 2.24) is 0 Å². The molecule has 2 rings (SSSR count). The van der Waals surface area contributed by atoms with Gasteiger partial charge in [-0.15, -0.1) is 0 Å². The van der Waals surface area contributed by atoms with Crippen LogP contribution < -0.4 is 0 Å². The van der Waals surface area contributed by atoms with Gasteiger partial charge in [0.1, 0.15) is 0 Å². The zero-order valence-corrected chi connectivity index (χ0v) is 13.4. The van der Waals surface area contributed by atoms with E-state index in [1.54, 1.807) is 11.3 Å². The molecule has 0 spiro atoms. The summed E-state index contributed by atoms with van der Waals surface area (Å²) in [5.74, 6) is 0.133. The molecule has 1 heterocycles. The SMILES string of the molecule is CC(CP(=O)(O)CCCc1ccsc1)c1ccccc1. The summed E-state index contributed by atoms with van der Waals surface area (Å²) in [4.78, 5) is 10.1. The fraction of sp³-hybridized carbons (Fsp3) is 0.375. The van der Waals surface area contributed by atoms with Crippen molar-refractivity contribution in [2.45, 2.75) is 25.7 Å². The Bertz CT molecular complexity index is 551. The lowest BCUT2D eigenvalue weighted by Crippen LogP contribution is -2.04. The lowest BCUT2D eigenvalue weighted by Gasteiger charge is -2.17. The highest BCUT2D eigenvalue weighted by Crippen LogP contribution is 2.45. The van der Waals surface area contributed by atoms with Crippen LogP contribution in [0.3, 0.4) is 0 Å². The van der Waals surface area contributed by atoms with Gasteiger partial charge < -0.3 is 4.89 Å². The second-order valence-corrected chi connectivity index (χ2v) is 8.58. The molecule has 2 atom stereocenters. The van der Waals surface area contributed by atoms with Gasteiger partial charge in [0.2, 0.25) is 7.37 Å². The van der Waals surface area contributed by atoms with Crippen LogP contribution in [0.15, 0.2) is 47.2 Å². The average Bonchev–Trinajstić information content (AvgIpc) is 2.92. The Morgan fingerprint density at radius 1 is 1.25 bits per heavy atom. The van der Waals surface area contributed by atoms with Gasteiger partial charge in [-0.3, -0.25) is 4.57 Å². The van der Waals surface area contributed by atoms with E-state index in [4.69, 9.17) is 0 Å². The first kappa shape index (κ1) is 15.5. The first-order valence-electron chi connectivity index (χ1n) is 6.94. The van der Waals surface area contributed by atoms with Crippen LogP contribution in [0, 0.1) is 0 Å². The maximum atomic E-state index is 12.3. The minimum absolute atomic E-state index is 0.133. The van der Waals surface area contributed by atoms with Crippen LogP contribution in [0.4, 0.5) is 0 Å². The van der Waals surface area contributed by atoms with E-state index in [9.17, 15) is 9.46 Å². The molecule has 0 amide bonds. The maximum absolute atomic E-state index is 12.3. The quantitative estimate of drug-likeness (QED) is 0.749. The molecule has 0 aliphatic rings. The molecule has 2 nitrogen and oxygen atoms in total. The van der Waals surface area contributed by atoms with E-state index < -0.39 is 7.37 Å². The Hall–Kier alpha value is -0.890. The second-order valence-electron chi connectivity index (χ2n) is 5.30. The molecule has 1 aromatic heterocycles. The highest BCUT2D eigenvalue weighted by molar-refractivity contribution is 7.58. The molecule has 20 heavy (non-hydrogen) atoms. The summed E-state index contributed by atoms with van der Waals surface area (Å²) >= 11 is 1.67. The van der Waals surface area contributed by atoms with Crippen molar-refractivity contribution in [3.63, 3.8) is 0 Å². The van der Waals surface area contributed by atoms with Crippen molar-refractivity contribution in [1.29, 1.82) is 0 Å². The molecular weight excluding hydrogens is 287 g/mol. The van der Waals surface area contributed by atoms with Gasteiger partial charge in [-0.1, -0.05) is 37.3 Å².